The maximum Gasteiger partial charge on any atom is 0.0947 e. The van der Waals surface area contributed by atoms with Crippen molar-refractivity contribution in [3.05, 3.63) is 47.8 Å². The first-order valence-electron chi connectivity index (χ1n) is 5.07. The molecule has 16 heavy (non-hydrogen) atoms. The quantitative estimate of drug-likeness (QED) is 0.586. The Kier molecular flexibility index (Phi) is 2.98. The Morgan fingerprint density at radius 3 is 2.88 bits per heavy atom. The predicted molar refractivity (Wildman–Crippen MR) is 61.3 cm³/mol. The van der Waals surface area contributed by atoms with Gasteiger partial charge in [0.2, 0.25) is 0 Å². The second-order valence-electron chi connectivity index (χ2n) is 3.80. The van der Waals surface area contributed by atoms with Gasteiger partial charge >= 0.3 is 0 Å². The fourth-order valence-corrected chi connectivity index (χ4v) is 1.70. The summed E-state index contributed by atoms with van der Waals surface area (Å²) in [7, 11) is 1.93. The minimum atomic E-state index is -0.116. The summed E-state index contributed by atoms with van der Waals surface area (Å²) in [5.41, 5.74) is 5.85. The maximum absolute atomic E-state index is 5.59. The van der Waals surface area contributed by atoms with Gasteiger partial charge < -0.3 is 4.57 Å². The van der Waals surface area contributed by atoms with E-state index in [1.54, 1.807) is 12.5 Å². The van der Waals surface area contributed by atoms with Crippen molar-refractivity contribution in [3.63, 3.8) is 0 Å². The predicted octanol–water partition coefficient (Wildman–Crippen LogP) is 0.676. The first-order valence-corrected chi connectivity index (χ1v) is 5.07. The summed E-state index contributed by atoms with van der Waals surface area (Å²) in [6, 6.07) is 1.85. The van der Waals surface area contributed by atoms with Gasteiger partial charge in [0.1, 0.15) is 0 Å². The second kappa shape index (κ2) is 4.42. The van der Waals surface area contributed by atoms with Crippen LogP contribution in [0, 0.1) is 6.92 Å². The van der Waals surface area contributed by atoms with Crippen LogP contribution < -0.4 is 11.3 Å². The van der Waals surface area contributed by atoms with Crippen LogP contribution in [0.5, 0.6) is 0 Å². The molecule has 0 aliphatic rings. The second-order valence-corrected chi connectivity index (χ2v) is 3.80. The summed E-state index contributed by atoms with van der Waals surface area (Å²) >= 11 is 0. The van der Waals surface area contributed by atoms with Crippen molar-refractivity contribution in [2.45, 2.75) is 13.0 Å². The van der Waals surface area contributed by atoms with E-state index < -0.39 is 0 Å². The summed E-state index contributed by atoms with van der Waals surface area (Å²) in [6.07, 6.45) is 7.28. The molecular formula is C11H15N5. The van der Waals surface area contributed by atoms with Gasteiger partial charge in [0.25, 0.3) is 0 Å². The molecule has 0 bridgehead atoms. The van der Waals surface area contributed by atoms with Crippen LogP contribution in [0.1, 0.15) is 22.9 Å². The van der Waals surface area contributed by atoms with E-state index in [0.717, 1.165) is 16.8 Å². The third-order valence-corrected chi connectivity index (χ3v) is 2.58. The van der Waals surface area contributed by atoms with E-state index in [1.807, 2.05) is 37.0 Å². The molecule has 0 aromatic carbocycles. The van der Waals surface area contributed by atoms with Crippen LogP contribution in [0.15, 0.2) is 31.0 Å². The lowest BCUT2D eigenvalue weighted by Crippen LogP contribution is -2.29. The molecule has 5 heteroatoms. The zero-order chi connectivity index (χ0) is 11.5. The molecule has 2 aromatic rings. The van der Waals surface area contributed by atoms with Crippen LogP contribution >= 0.6 is 0 Å². The monoisotopic (exact) mass is 217 g/mol. The molecule has 2 aromatic heterocycles. The number of nitrogens with zero attached hydrogens (tertiary/aromatic N) is 3. The van der Waals surface area contributed by atoms with Crippen molar-refractivity contribution >= 4 is 0 Å². The molecule has 0 radical (unpaired) electrons. The van der Waals surface area contributed by atoms with Crippen LogP contribution in [-0.2, 0) is 7.05 Å². The molecule has 1 unspecified atom stereocenters. The van der Waals surface area contributed by atoms with E-state index in [-0.39, 0.29) is 6.04 Å². The molecule has 0 saturated heterocycles. The number of nitrogens with one attached hydrogen (secondary N) is 1. The fourth-order valence-electron chi connectivity index (χ4n) is 1.70. The lowest BCUT2D eigenvalue weighted by atomic mass is 10.0. The molecule has 84 valence electrons. The first-order chi connectivity index (χ1) is 7.72. The van der Waals surface area contributed by atoms with Crippen molar-refractivity contribution in [2.75, 3.05) is 0 Å². The molecule has 0 fully saturated rings. The van der Waals surface area contributed by atoms with Crippen LogP contribution in [-0.4, -0.2) is 14.5 Å². The molecule has 3 N–H and O–H groups in total. The van der Waals surface area contributed by atoms with E-state index in [2.05, 4.69) is 15.4 Å². The number of aryl methyl sites for hydroxylation is 2. The van der Waals surface area contributed by atoms with E-state index >= 15 is 0 Å². The average molecular weight is 217 g/mol. The molecule has 2 rings (SSSR count). The van der Waals surface area contributed by atoms with Gasteiger partial charge in [-0.05, 0) is 24.1 Å². The highest BCUT2D eigenvalue weighted by Crippen LogP contribution is 2.21. The van der Waals surface area contributed by atoms with Crippen LogP contribution in [0.2, 0.25) is 0 Å². The zero-order valence-corrected chi connectivity index (χ0v) is 9.38. The number of aromatic nitrogens is 3. The summed E-state index contributed by atoms with van der Waals surface area (Å²) < 4.78 is 1.89. The van der Waals surface area contributed by atoms with E-state index in [1.165, 1.54) is 0 Å². The summed E-state index contributed by atoms with van der Waals surface area (Å²) in [5.74, 6) is 5.59. The number of pyridine rings is 1. The van der Waals surface area contributed by atoms with Crippen LogP contribution in [0.4, 0.5) is 0 Å². The van der Waals surface area contributed by atoms with E-state index in [4.69, 9.17) is 5.84 Å². The summed E-state index contributed by atoms with van der Waals surface area (Å²) in [5, 5.41) is 0. The third-order valence-electron chi connectivity index (χ3n) is 2.58. The van der Waals surface area contributed by atoms with Crippen LogP contribution in [0.25, 0.3) is 0 Å². The number of hydrogen-bond donors (Lipinski definition) is 2. The fraction of sp³-hybridized carbons (Fsp3) is 0.273. The molecule has 0 aliphatic heterocycles. The number of nitrogens with two attached hydrogens (primary N) is 1. The van der Waals surface area contributed by atoms with Gasteiger partial charge in [0.15, 0.2) is 0 Å². The van der Waals surface area contributed by atoms with Gasteiger partial charge in [-0.1, -0.05) is 0 Å². The van der Waals surface area contributed by atoms with Gasteiger partial charge in [0, 0.05) is 25.6 Å². The molecule has 0 spiro atoms. The lowest BCUT2D eigenvalue weighted by molar-refractivity contribution is 0.617. The highest BCUT2D eigenvalue weighted by Gasteiger charge is 2.16. The SMILES string of the molecule is Cc1ccncc1C(NN)c1cn(C)cn1. The Bertz CT molecular complexity index is 477. The Labute approximate surface area is 94.3 Å². The van der Waals surface area contributed by atoms with Gasteiger partial charge in [0.05, 0.1) is 18.1 Å². The number of hydrogen-bond acceptors (Lipinski definition) is 4. The van der Waals surface area contributed by atoms with Crippen molar-refractivity contribution in [1.82, 2.24) is 20.0 Å². The average Bonchev–Trinajstić information content (AvgIpc) is 2.69. The topological polar surface area (TPSA) is 68.8 Å². The summed E-state index contributed by atoms with van der Waals surface area (Å²) in [4.78, 5) is 8.41. The van der Waals surface area contributed by atoms with Gasteiger partial charge in [-0.25, -0.2) is 10.4 Å². The standard InChI is InChI=1S/C11H15N5/c1-8-3-4-13-5-9(8)11(15-12)10-6-16(2)7-14-10/h3-7,11,15H,12H2,1-2H3. The number of imidazole rings is 1. The molecule has 1 atom stereocenters. The molecule has 0 amide bonds. The molecule has 0 saturated carbocycles. The smallest absolute Gasteiger partial charge is 0.0947 e. The largest absolute Gasteiger partial charge is 0.340 e. The lowest BCUT2D eigenvalue weighted by Gasteiger charge is -2.15. The maximum atomic E-state index is 5.59. The third kappa shape index (κ3) is 1.95. The number of rotatable bonds is 3. The molecular weight excluding hydrogens is 202 g/mol. The van der Waals surface area contributed by atoms with Crippen molar-refractivity contribution in [2.24, 2.45) is 12.9 Å². The Hall–Kier alpha value is -1.72. The number of hydrazine groups is 1. The minimum absolute atomic E-state index is 0.116. The highest BCUT2D eigenvalue weighted by atomic mass is 15.2. The first kappa shape index (κ1) is 10.8. The van der Waals surface area contributed by atoms with Crippen molar-refractivity contribution in [3.8, 4) is 0 Å². The highest BCUT2D eigenvalue weighted by molar-refractivity contribution is 5.30. The van der Waals surface area contributed by atoms with Crippen molar-refractivity contribution in [1.29, 1.82) is 0 Å². The molecule has 5 nitrogen and oxygen atoms in total. The normalized spacial score (nSPS) is 12.7. The Morgan fingerprint density at radius 2 is 2.31 bits per heavy atom. The minimum Gasteiger partial charge on any atom is -0.340 e. The van der Waals surface area contributed by atoms with E-state index in [9.17, 15) is 0 Å². The van der Waals surface area contributed by atoms with Gasteiger partial charge in [-0.3, -0.25) is 10.8 Å². The van der Waals surface area contributed by atoms with Crippen molar-refractivity contribution < 1.29 is 0 Å². The van der Waals surface area contributed by atoms with Gasteiger partial charge in [-0.2, -0.15) is 0 Å². The zero-order valence-electron chi connectivity index (χ0n) is 9.38. The van der Waals surface area contributed by atoms with Crippen LogP contribution in [0.3, 0.4) is 0 Å². The van der Waals surface area contributed by atoms with Gasteiger partial charge in [-0.15, -0.1) is 0 Å². The summed E-state index contributed by atoms with van der Waals surface area (Å²) in [6.45, 7) is 2.03. The van der Waals surface area contributed by atoms with E-state index in [0.29, 0.717) is 0 Å². The molecule has 0 aliphatic carbocycles. The Morgan fingerprint density at radius 1 is 1.50 bits per heavy atom. The Balaban J connectivity index is 2.40. The molecule has 2 heterocycles.